The van der Waals surface area contributed by atoms with Crippen LogP contribution in [0.15, 0.2) is 125 Å². The topological polar surface area (TPSA) is 17.1 Å². The normalized spacial score (nSPS) is 18.0. The highest BCUT2D eigenvalue weighted by Crippen LogP contribution is 2.41. The van der Waals surface area contributed by atoms with Gasteiger partial charge in [0.05, 0.1) is 0 Å². The van der Waals surface area contributed by atoms with Gasteiger partial charge in [-0.15, -0.1) is 5.73 Å². The van der Waals surface area contributed by atoms with Gasteiger partial charge in [-0.1, -0.05) is 118 Å². The predicted octanol–water partition coefficient (Wildman–Crippen LogP) is 11.4. The van der Waals surface area contributed by atoms with E-state index in [2.05, 4.69) is 134 Å². The molecule has 43 heavy (non-hydrogen) atoms. The Hall–Kier alpha value is -3.93. The summed E-state index contributed by atoms with van der Waals surface area (Å²) in [4.78, 5) is 13.8. The number of allylic oxidation sites excluding steroid dienone is 12. The van der Waals surface area contributed by atoms with Crippen molar-refractivity contribution in [2.45, 2.75) is 80.6 Å². The molecule has 222 valence electrons. The second-order valence-electron chi connectivity index (χ2n) is 12.1. The van der Waals surface area contributed by atoms with Crippen LogP contribution in [0.5, 0.6) is 0 Å². The van der Waals surface area contributed by atoms with E-state index >= 15 is 0 Å². The van der Waals surface area contributed by atoms with Crippen LogP contribution in [-0.4, -0.2) is 5.78 Å². The third-order valence-corrected chi connectivity index (χ3v) is 9.62. The van der Waals surface area contributed by atoms with Crippen LogP contribution in [-0.2, 0) is 6.42 Å². The first-order valence-electron chi connectivity index (χ1n) is 15.9. The van der Waals surface area contributed by atoms with Crippen LogP contribution in [0.2, 0.25) is 0 Å². The van der Waals surface area contributed by atoms with Crippen LogP contribution in [0.25, 0.3) is 5.57 Å². The van der Waals surface area contributed by atoms with Gasteiger partial charge >= 0.3 is 0 Å². The van der Waals surface area contributed by atoms with E-state index in [0.29, 0.717) is 0 Å². The zero-order valence-corrected chi connectivity index (χ0v) is 27.4. The molecule has 0 fully saturated rings. The van der Waals surface area contributed by atoms with Crippen molar-refractivity contribution in [3.8, 4) is 0 Å². The fourth-order valence-electron chi connectivity index (χ4n) is 6.73. The standard InChI is InChI=1S/C42H48O/c1-10-33-20-16-23-38(36-18-14-13-15-19-36)31(8)37(33)22-17-21-34(11-2)41-26-40(29(6)30(41)7)32(9)42(43)39-25-27(4)35(12-3)24-28(39)5/h13-15,17-19,21,23-26,29,32H,2,8,10,12,16,20,22H2,1,3-7,9H3/b21-17+. The van der Waals surface area contributed by atoms with Crippen LogP contribution in [0.4, 0.5) is 0 Å². The minimum Gasteiger partial charge on any atom is -0.294 e. The summed E-state index contributed by atoms with van der Waals surface area (Å²) in [6.45, 7) is 23.7. The number of rotatable bonds is 10. The smallest absolute Gasteiger partial charge is 0.169 e. The number of ketones is 1. The van der Waals surface area contributed by atoms with Crippen molar-refractivity contribution in [1.82, 2.24) is 0 Å². The van der Waals surface area contributed by atoms with E-state index in [1.807, 2.05) is 0 Å². The van der Waals surface area contributed by atoms with Crippen molar-refractivity contribution in [1.29, 1.82) is 0 Å². The van der Waals surface area contributed by atoms with Gasteiger partial charge in [0.25, 0.3) is 0 Å². The molecule has 0 aliphatic heterocycles. The summed E-state index contributed by atoms with van der Waals surface area (Å²) in [5.41, 5.74) is 18.6. The molecule has 4 rings (SSSR count). The Balaban J connectivity index is 1.57. The summed E-state index contributed by atoms with van der Waals surface area (Å²) in [6.07, 6.45) is 13.9. The second kappa shape index (κ2) is 14.0. The number of aryl methyl sites for hydroxylation is 3. The van der Waals surface area contributed by atoms with Crippen molar-refractivity contribution in [2.24, 2.45) is 11.8 Å². The maximum absolute atomic E-state index is 13.8. The molecular weight excluding hydrogens is 520 g/mol. The minimum atomic E-state index is -0.196. The van der Waals surface area contributed by atoms with Crippen molar-refractivity contribution < 1.29 is 4.79 Å². The van der Waals surface area contributed by atoms with Gasteiger partial charge in [-0.2, -0.15) is 0 Å². The fourth-order valence-corrected chi connectivity index (χ4v) is 6.73. The average Bonchev–Trinajstić information content (AvgIpc) is 3.21. The van der Waals surface area contributed by atoms with Gasteiger partial charge in [0.1, 0.15) is 0 Å². The number of carbonyl (C=O) groups is 1. The Kier molecular flexibility index (Phi) is 10.4. The maximum Gasteiger partial charge on any atom is 0.169 e. The molecule has 1 heteroatoms. The number of benzene rings is 2. The van der Waals surface area contributed by atoms with Crippen molar-refractivity contribution in [3.63, 3.8) is 0 Å². The Morgan fingerprint density at radius 2 is 1.79 bits per heavy atom. The molecule has 2 aliphatic carbocycles. The summed E-state index contributed by atoms with van der Waals surface area (Å²) < 4.78 is 0. The average molecular weight is 569 g/mol. The van der Waals surface area contributed by atoms with Gasteiger partial charge in [-0.05, 0) is 109 Å². The maximum atomic E-state index is 13.8. The summed E-state index contributed by atoms with van der Waals surface area (Å²) >= 11 is 0. The van der Waals surface area contributed by atoms with E-state index in [0.717, 1.165) is 60.0 Å². The lowest BCUT2D eigenvalue weighted by molar-refractivity contribution is 0.0944. The van der Waals surface area contributed by atoms with Gasteiger partial charge < -0.3 is 0 Å². The third kappa shape index (κ3) is 6.69. The number of hydrogen-bond donors (Lipinski definition) is 0. The molecule has 0 amide bonds. The van der Waals surface area contributed by atoms with Crippen molar-refractivity contribution in [3.05, 3.63) is 152 Å². The largest absolute Gasteiger partial charge is 0.294 e. The molecule has 2 aromatic rings. The lowest BCUT2D eigenvalue weighted by atomic mass is 9.83. The molecule has 0 saturated heterocycles. The summed E-state index contributed by atoms with van der Waals surface area (Å²) in [7, 11) is 0. The second-order valence-corrected chi connectivity index (χ2v) is 12.1. The van der Waals surface area contributed by atoms with Crippen molar-refractivity contribution in [2.75, 3.05) is 0 Å². The summed E-state index contributed by atoms with van der Waals surface area (Å²) in [5, 5.41) is 0. The molecular formula is C42H48O. The monoisotopic (exact) mass is 568 g/mol. The Morgan fingerprint density at radius 1 is 1.07 bits per heavy atom. The molecule has 0 saturated carbocycles. The van der Waals surface area contributed by atoms with Crippen LogP contribution in [0, 0.1) is 25.7 Å². The molecule has 0 aromatic heterocycles. The van der Waals surface area contributed by atoms with E-state index < -0.39 is 0 Å². The number of hydrogen-bond acceptors (Lipinski definition) is 1. The molecule has 2 aromatic carbocycles. The zero-order chi connectivity index (χ0) is 31.3. The molecule has 0 N–H and O–H groups in total. The third-order valence-electron chi connectivity index (χ3n) is 9.62. The van der Waals surface area contributed by atoms with Gasteiger partial charge in [-0.25, -0.2) is 0 Å². The Bertz CT molecular complexity index is 1620. The van der Waals surface area contributed by atoms with E-state index in [9.17, 15) is 4.79 Å². The SMILES string of the molecule is C=C=C(/C=C/CC1=C(CC)CCC=C(c2ccccc2)C1=C)C1=C(C)C(C)C(C(C)C(=O)c2cc(C)c(CC)cc2C)=C1. The van der Waals surface area contributed by atoms with E-state index in [4.69, 9.17) is 0 Å². The highest BCUT2D eigenvalue weighted by Gasteiger charge is 2.30. The van der Waals surface area contributed by atoms with E-state index in [1.165, 1.54) is 44.6 Å². The van der Waals surface area contributed by atoms with Gasteiger partial charge in [0.2, 0.25) is 0 Å². The molecule has 0 radical (unpaired) electrons. The fraction of sp³-hybridized carbons (Fsp3) is 0.333. The van der Waals surface area contributed by atoms with Crippen LogP contribution in [0.3, 0.4) is 0 Å². The molecule has 2 atom stereocenters. The number of carbonyl (C=O) groups excluding carboxylic acids is 1. The zero-order valence-electron chi connectivity index (χ0n) is 27.4. The first-order chi connectivity index (χ1) is 20.6. The van der Waals surface area contributed by atoms with Gasteiger partial charge in [0.15, 0.2) is 5.78 Å². The van der Waals surface area contributed by atoms with Crippen LogP contribution >= 0.6 is 0 Å². The first-order valence-corrected chi connectivity index (χ1v) is 15.9. The quantitative estimate of drug-likeness (QED) is 0.158. The summed E-state index contributed by atoms with van der Waals surface area (Å²) in [6, 6.07) is 14.9. The lowest BCUT2D eigenvalue weighted by Gasteiger charge is -2.20. The van der Waals surface area contributed by atoms with Crippen LogP contribution in [0.1, 0.15) is 92.9 Å². The lowest BCUT2D eigenvalue weighted by Crippen LogP contribution is -2.18. The molecule has 2 aliphatic rings. The van der Waals surface area contributed by atoms with E-state index in [1.54, 1.807) is 0 Å². The molecule has 1 nitrogen and oxygen atoms in total. The number of Topliss-reactive ketones (excluding diaryl/α,β-unsaturated/α-hetero) is 1. The minimum absolute atomic E-state index is 0.191. The highest BCUT2D eigenvalue weighted by atomic mass is 16.1. The van der Waals surface area contributed by atoms with Crippen molar-refractivity contribution >= 4 is 11.4 Å². The molecule has 0 spiro atoms. The Morgan fingerprint density at radius 3 is 2.44 bits per heavy atom. The molecule has 2 unspecified atom stereocenters. The Labute approximate surface area is 260 Å². The van der Waals surface area contributed by atoms with Crippen LogP contribution < -0.4 is 0 Å². The summed E-state index contributed by atoms with van der Waals surface area (Å²) in [5.74, 6) is 0.192. The van der Waals surface area contributed by atoms with Gasteiger partial charge in [0, 0.05) is 17.1 Å². The first kappa shape index (κ1) is 32.0. The van der Waals surface area contributed by atoms with Gasteiger partial charge in [-0.3, -0.25) is 4.79 Å². The highest BCUT2D eigenvalue weighted by molar-refractivity contribution is 6.01. The molecule has 0 heterocycles. The van der Waals surface area contributed by atoms with E-state index in [-0.39, 0.29) is 17.6 Å². The predicted molar refractivity (Wildman–Crippen MR) is 185 cm³/mol. The molecule has 0 bridgehead atoms.